The van der Waals surface area contributed by atoms with Gasteiger partial charge in [0, 0.05) is 17.8 Å². The van der Waals surface area contributed by atoms with Crippen LogP contribution in [0.1, 0.15) is 41.0 Å². The number of hydrogen-bond acceptors (Lipinski definition) is 4. The van der Waals surface area contributed by atoms with Crippen molar-refractivity contribution in [2.24, 2.45) is 0 Å². The van der Waals surface area contributed by atoms with Gasteiger partial charge in [-0.2, -0.15) is 0 Å². The van der Waals surface area contributed by atoms with E-state index < -0.39 is 0 Å². The number of benzene rings is 3. The molecule has 2 amide bonds. The van der Waals surface area contributed by atoms with E-state index in [1.807, 2.05) is 44.2 Å². The molecule has 0 radical (unpaired) electrons. The molecule has 6 nitrogen and oxygen atoms in total. The summed E-state index contributed by atoms with van der Waals surface area (Å²) < 4.78 is 6.31. The van der Waals surface area contributed by atoms with Crippen LogP contribution in [0.25, 0.3) is 0 Å². The van der Waals surface area contributed by atoms with Crippen LogP contribution >= 0.6 is 28.1 Å². The number of rotatable bonds is 8. The Labute approximate surface area is 213 Å². The van der Waals surface area contributed by atoms with Crippen molar-refractivity contribution in [3.63, 3.8) is 0 Å². The van der Waals surface area contributed by atoms with Crippen LogP contribution in [0, 0.1) is 0 Å². The minimum absolute atomic E-state index is 0.0930. The van der Waals surface area contributed by atoms with Gasteiger partial charge in [0.05, 0.1) is 22.3 Å². The minimum Gasteiger partial charge on any atom is -0.492 e. The zero-order valence-corrected chi connectivity index (χ0v) is 21.4. The molecule has 0 bridgehead atoms. The number of carbonyl (C=O) groups is 2. The molecule has 0 atom stereocenters. The Morgan fingerprint density at radius 1 is 1.00 bits per heavy atom. The summed E-state index contributed by atoms with van der Waals surface area (Å²) in [4.78, 5) is 27.7. The molecule has 0 fully saturated rings. The molecular weight excluding hydrogens is 514 g/mol. The molecule has 0 heterocycles. The standard InChI is InChI=1S/C26H26BrN3O3S/c1-3-16-33-23-15-14-18(17-21(23)27)24(31)29-26(34)28-22-13-9-8-12-20(22)25(32)30(4-2)19-10-6-5-7-11-19/h5-15,17H,3-4,16H2,1-2H3,(H2,28,29,31,34). The number of nitrogens with zero attached hydrogens (tertiary/aromatic N) is 1. The smallest absolute Gasteiger partial charge is 0.260 e. The summed E-state index contributed by atoms with van der Waals surface area (Å²) in [5.74, 6) is 0.131. The van der Waals surface area contributed by atoms with Crippen molar-refractivity contribution < 1.29 is 14.3 Å². The molecule has 0 unspecified atom stereocenters. The lowest BCUT2D eigenvalue weighted by Gasteiger charge is -2.23. The van der Waals surface area contributed by atoms with E-state index in [0.29, 0.717) is 40.2 Å². The maximum atomic E-state index is 13.3. The van der Waals surface area contributed by atoms with E-state index in [0.717, 1.165) is 12.1 Å². The van der Waals surface area contributed by atoms with Crippen molar-refractivity contribution in [2.45, 2.75) is 20.3 Å². The third-order valence-electron chi connectivity index (χ3n) is 4.92. The fraction of sp³-hybridized carbons (Fsp3) is 0.192. The molecule has 3 aromatic rings. The van der Waals surface area contributed by atoms with Gasteiger partial charge in [0.15, 0.2) is 5.11 Å². The lowest BCUT2D eigenvalue weighted by molar-refractivity contribution is 0.0974. The number of thiocarbonyl (C=S) groups is 1. The van der Waals surface area contributed by atoms with Crippen molar-refractivity contribution in [3.8, 4) is 5.75 Å². The fourth-order valence-corrected chi connectivity index (χ4v) is 3.97. The molecule has 3 rings (SSSR count). The second-order valence-corrected chi connectivity index (χ2v) is 8.60. The van der Waals surface area contributed by atoms with Gasteiger partial charge in [0.1, 0.15) is 5.75 Å². The molecular formula is C26H26BrN3O3S. The Bertz CT molecular complexity index is 1170. The maximum Gasteiger partial charge on any atom is 0.260 e. The van der Waals surface area contributed by atoms with Gasteiger partial charge in [-0.3, -0.25) is 14.9 Å². The highest BCUT2D eigenvalue weighted by molar-refractivity contribution is 9.10. The second-order valence-electron chi connectivity index (χ2n) is 7.33. The average Bonchev–Trinajstić information content (AvgIpc) is 2.84. The van der Waals surface area contributed by atoms with Gasteiger partial charge in [-0.25, -0.2) is 0 Å². The highest BCUT2D eigenvalue weighted by Crippen LogP contribution is 2.26. The number of carbonyl (C=O) groups excluding carboxylic acids is 2. The normalized spacial score (nSPS) is 10.3. The van der Waals surface area contributed by atoms with E-state index in [1.165, 1.54) is 0 Å². The quantitative estimate of drug-likeness (QED) is 0.342. The molecule has 0 saturated carbocycles. The summed E-state index contributed by atoms with van der Waals surface area (Å²) in [6, 6.07) is 21.6. The van der Waals surface area contributed by atoms with Crippen LogP contribution in [-0.4, -0.2) is 30.1 Å². The van der Waals surface area contributed by atoms with E-state index in [-0.39, 0.29) is 16.9 Å². The van der Waals surface area contributed by atoms with Crippen molar-refractivity contribution >= 4 is 56.4 Å². The van der Waals surface area contributed by atoms with Crippen LogP contribution in [0.2, 0.25) is 0 Å². The highest BCUT2D eigenvalue weighted by atomic mass is 79.9. The molecule has 0 aromatic heterocycles. The topological polar surface area (TPSA) is 70.7 Å². The number of amides is 2. The second kappa shape index (κ2) is 12.3. The van der Waals surface area contributed by atoms with E-state index in [2.05, 4.69) is 26.6 Å². The monoisotopic (exact) mass is 539 g/mol. The molecule has 8 heteroatoms. The Balaban J connectivity index is 1.72. The summed E-state index contributed by atoms with van der Waals surface area (Å²) in [7, 11) is 0. The van der Waals surface area contributed by atoms with Crippen LogP contribution < -0.4 is 20.3 Å². The SMILES string of the molecule is CCCOc1ccc(C(=O)NC(=S)Nc2ccccc2C(=O)N(CC)c2ccccc2)cc1Br. The first-order chi connectivity index (χ1) is 16.4. The van der Waals surface area contributed by atoms with Crippen LogP contribution in [0.4, 0.5) is 11.4 Å². The summed E-state index contributed by atoms with van der Waals surface area (Å²) >= 11 is 8.79. The molecule has 0 saturated heterocycles. The third-order valence-corrected chi connectivity index (χ3v) is 5.74. The number of hydrogen-bond donors (Lipinski definition) is 2. The van der Waals surface area contributed by atoms with Crippen LogP contribution in [0.5, 0.6) is 5.75 Å². The Morgan fingerprint density at radius 3 is 2.38 bits per heavy atom. The highest BCUT2D eigenvalue weighted by Gasteiger charge is 2.20. The van der Waals surface area contributed by atoms with Crippen molar-refractivity contribution in [3.05, 3.63) is 88.4 Å². The van der Waals surface area contributed by atoms with E-state index >= 15 is 0 Å². The number of anilines is 2. The summed E-state index contributed by atoms with van der Waals surface area (Å²) in [6.07, 6.45) is 0.889. The van der Waals surface area contributed by atoms with Gasteiger partial charge < -0.3 is 15.0 Å². The van der Waals surface area contributed by atoms with Crippen LogP contribution in [0.15, 0.2) is 77.3 Å². The number of para-hydroxylation sites is 2. The van der Waals surface area contributed by atoms with Gasteiger partial charge in [-0.15, -0.1) is 0 Å². The van der Waals surface area contributed by atoms with Gasteiger partial charge in [0.2, 0.25) is 0 Å². The van der Waals surface area contributed by atoms with Gasteiger partial charge in [0.25, 0.3) is 11.8 Å². The van der Waals surface area contributed by atoms with Crippen LogP contribution in [-0.2, 0) is 0 Å². The summed E-state index contributed by atoms with van der Waals surface area (Å²) in [5.41, 5.74) is 2.18. The largest absolute Gasteiger partial charge is 0.492 e. The predicted molar refractivity (Wildman–Crippen MR) is 144 cm³/mol. The fourth-order valence-electron chi connectivity index (χ4n) is 3.28. The van der Waals surface area contributed by atoms with Gasteiger partial charge in [-0.1, -0.05) is 37.3 Å². The van der Waals surface area contributed by atoms with E-state index in [1.54, 1.807) is 47.4 Å². The number of ether oxygens (including phenoxy) is 1. The number of halogens is 1. The number of nitrogens with one attached hydrogen (secondary N) is 2. The van der Waals surface area contributed by atoms with Crippen molar-refractivity contribution in [1.29, 1.82) is 0 Å². The van der Waals surface area contributed by atoms with E-state index in [4.69, 9.17) is 17.0 Å². The first-order valence-electron chi connectivity index (χ1n) is 10.9. The van der Waals surface area contributed by atoms with Gasteiger partial charge >= 0.3 is 0 Å². The first-order valence-corrected chi connectivity index (χ1v) is 12.1. The molecule has 0 spiro atoms. The zero-order chi connectivity index (χ0) is 24.5. The summed E-state index contributed by atoms with van der Waals surface area (Å²) in [6.45, 7) is 5.04. The molecule has 176 valence electrons. The molecule has 3 aromatic carbocycles. The first kappa shape index (κ1) is 25.4. The lowest BCUT2D eigenvalue weighted by atomic mass is 10.1. The molecule has 0 aliphatic carbocycles. The lowest BCUT2D eigenvalue weighted by Crippen LogP contribution is -2.35. The average molecular weight is 540 g/mol. The predicted octanol–water partition coefficient (Wildman–Crippen LogP) is 6.03. The third kappa shape index (κ3) is 6.42. The van der Waals surface area contributed by atoms with Crippen molar-refractivity contribution in [1.82, 2.24) is 5.32 Å². The Kier molecular flexibility index (Phi) is 9.18. The minimum atomic E-state index is -0.372. The van der Waals surface area contributed by atoms with Crippen LogP contribution in [0.3, 0.4) is 0 Å². The molecule has 0 aliphatic heterocycles. The van der Waals surface area contributed by atoms with E-state index in [9.17, 15) is 9.59 Å². The molecule has 0 aliphatic rings. The Morgan fingerprint density at radius 2 is 1.71 bits per heavy atom. The van der Waals surface area contributed by atoms with Crippen molar-refractivity contribution in [2.75, 3.05) is 23.4 Å². The summed E-state index contributed by atoms with van der Waals surface area (Å²) in [5, 5.41) is 5.76. The Hall–Kier alpha value is -3.23. The molecule has 2 N–H and O–H groups in total. The molecule has 34 heavy (non-hydrogen) atoms. The van der Waals surface area contributed by atoms with Gasteiger partial charge in [-0.05, 0) is 84.0 Å². The zero-order valence-electron chi connectivity index (χ0n) is 19.0. The maximum absolute atomic E-state index is 13.3.